The molecule has 2 heterocycles. The summed E-state index contributed by atoms with van der Waals surface area (Å²) in [5.74, 6) is 0. The highest BCUT2D eigenvalue weighted by atomic mass is 15.3. The van der Waals surface area contributed by atoms with Crippen LogP contribution in [0.3, 0.4) is 0 Å². The second kappa shape index (κ2) is 3.59. The zero-order chi connectivity index (χ0) is 9.97. The Balaban J connectivity index is 2.50. The number of aryl methyl sites for hydroxylation is 1. The zero-order valence-corrected chi connectivity index (χ0v) is 8.01. The standard InChI is InChI=1S/C10H12N4/c1-8-3-5-14(13-8)10-2-4-12-7-9(10)6-11/h2-5,7H,6,11H2,1H3. The Morgan fingerprint density at radius 2 is 2.29 bits per heavy atom. The molecule has 2 aromatic rings. The van der Waals surface area contributed by atoms with Crippen molar-refractivity contribution in [3.63, 3.8) is 0 Å². The lowest BCUT2D eigenvalue weighted by Crippen LogP contribution is -2.05. The average molecular weight is 188 g/mol. The fourth-order valence-corrected chi connectivity index (χ4v) is 1.35. The van der Waals surface area contributed by atoms with Crippen molar-refractivity contribution in [1.82, 2.24) is 14.8 Å². The summed E-state index contributed by atoms with van der Waals surface area (Å²) < 4.78 is 1.82. The van der Waals surface area contributed by atoms with Crippen LogP contribution in [0.1, 0.15) is 11.3 Å². The lowest BCUT2D eigenvalue weighted by molar-refractivity contribution is 0.839. The smallest absolute Gasteiger partial charge is 0.0721 e. The van der Waals surface area contributed by atoms with Gasteiger partial charge in [-0.25, -0.2) is 4.68 Å². The van der Waals surface area contributed by atoms with Crippen LogP contribution in [-0.4, -0.2) is 14.8 Å². The summed E-state index contributed by atoms with van der Waals surface area (Å²) in [7, 11) is 0. The van der Waals surface area contributed by atoms with Gasteiger partial charge in [0.15, 0.2) is 0 Å². The average Bonchev–Trinajstić information content (AvgIpc) is 2.65. The number of pyridine rings is 1. The highest BCUT2D eigenvalue weighted by molar-refractivity contribution is 5.37. The van der Waals surface area contributed by atoms with Crippen LogP contribution in [0.2, 0.25) is 0 Å². The summed E-state index contributed by atoms with van der Waals surface area (Å²) >= 11 is 0. The highest BCUT2D eigenvalue weighted by Gasteiger charge is 2.03. The molecule has 4 heteroatoms. The van der Waals surface area contributed by atoms with E-state index in [1.807, 2.05) is 29.9 Å². The van der Waals surface area contributed by atoms with Crippen LogP contribution in [0.25, 0.3) is 5.69 Å². The molecule has 2 N–H and O–H groups in total. The van der Waals surface area contributed by atoms with Crippen molar-refractivity contribution >= 4 is 0 Å². The van der Waals surface area contributed by atoms with Crippen molar-refractivity contribution in [2.75, 3.05) is 0 Å². The van der Waals surface area contributed by atoms with Crippen LogP contribution in [0, 0.1) is 6.92 Å². The van der Waals surface area contributed by atoms with E-state index >= 15 is 0 Å². The van der Waals surface area contributed by atoms with Crippen LogP contribution in [0.15, 0.2) is 30.7 Å². The van der Waals surface area contributed by atoms with Crippen molar-refractivity contribution in [3.05, 3.63) is 42.0 Å². The maximum absolute atomic E-state index is 5.61. The second-order valence-corrected chi connectivity index (χ2v) is 3.11. The summed E-state index contributed by atoms with van der Waals surface area (Å²) in [6.45, 7) is 2.43. The fraction of sp³-hybridized carbons (Fsp3) is 0.200. The molecule has 0 amide bonds. The highest BCUT2D eigenvalue weighted by Crippen LogP contribution is 2.11. The molecular weight excluding hydrogens is 176 g/mol. The van der Waals surface area contributed by atoms with Crippen molar-refractivity contribution in [2.24, 2.45) is 5.73 Å². The van der Waals surface area contributed by atoms with Gasteiger partial charge in [0.05, 0.1) is 11.4 Å². The van der Waals surface area contributed by atoms with Gasteiger partial charge in [-0.15, -0.1) is 0 Å². The van der Waals surface area contributed by atoms with Gasteiger partial charge in [-0.2, -0.15) is 5.10 Å². The molecule has 0 saturated carbocycles. The lowest BCUT2D eigenvalue weighted by Gasteiger charge is -2.05. The molecule has 0 aliphatic carbocycles. The molecule has 14 heavy (non-hydrogen) atoms. The van der Waals surface area contributed by atoms with E-state index in [0.717, 1.165) is 16.9 Å². The Hall–Kier alpha value is -1.68. The maximum Gasteiger partial charge on any atom is 0.0721 e. The molecule has 0 radical (unpaired) electrons. The van der Waals surface area contributed by atoms with Gasteiger partial charge in [0, 0.05) is 30.7 Å². The molecule has 2 aromatic heterocycles. The summed E-state index contributed by atoms with van der Waals surface area (Å²) in [6.07, 6.45) is 5.43. The first-order valence-electron chi connectivity index (χ1n) is 4.47. The second-order valence-electron chi connectivity index (χ2n) is 3.11. The van der Waals surface area contributed by atoms with Crippen LogP contribution in [0.5, 0.6) is 0 Å². The summed E-state index contributed by atoms with van der Waals surface area (Å²) in [6, 6.07) is 3.87. The molecule has 0 fully saturated rings. The molecule has 0 atom stereocenters. The van der Waals surface area contributed by atoms with E-state index < -0.39 is 0 Å². The van der Waals surface area contributed by atoms with Gasteiger partial charge in [-0.3, -0.25) is 4.98 Å². The molecule has 0 aliphatic rings. The molecule has 4 nitrogen and oxygen atoms in total. The van der Waals surface area contributed by atoms with E-state index in [9.17, 15) is 0 Å². The van der Waals surface area contributed by atoms with Gasteiger partial charge in [0.25, 0.3) is 0 Å². The van der Waals surface area contributed by atoms with Crippen LogP contribution >= 0.6 is 0 Å². The first-order chi connectivity index (χ1) is 6.81. The summed E-state index contributed by atoms with van der Waals surface area (Å²) in [5, 5.41) is 4.32. The zero-order valence-electron chi connectivity index (χ0n) is 8.01. The van der Waals surface area contributed by atoms with Gasteiger partial charge in [0.2, 0.25) is 0 Å². The summed E-state index contributed by atoms with van der Waals surface area (Å²) in [5.41, 5.74) is 8.60. The van der Waals surface area contributed by atoms with Gasteiger partial charge in [-0.1, -0.05) is 0 Å². The summed E-state index contributed by atoms with van der Waals surface area (Å²) in [4.78, 5) is 4.03. The molecule has 72 valence electrons. The minimum Gasteiger partial charge on any atom is -0.326 e. The maximum atomic E-state index is 5.61. The molecule has 0 saturated heterocycles. The van der Waals surface area contributed by atoms with Crippen molar-refractivity contribution < 1.29 is 0 Å². The van der Waals surface area contributed by atoms with Gasteiger partial charge < -0.3 is 5.73 Å². The van der Waals surface area contributed by atoms with Gasteiger partial charge in [0.1, 0.15) is 0 Å². The van der Waals surface area contributed by atoms with E-state index in [0.29, 0.717) is 6.54 Å². The van der Waals surface area contributed by atoms with Gasteiger partial charge in [-0.05, 0) is 19.1 Å². The third-order valence-corrected chi connectivity index (χ3v) is 2.07. The number of nitrogens with two attached hydrogens (primary N) is 1. The SMILES string of the molecule is Cc1ccn(-c2ccncc2CN)n1. The molecule has 0 aromatic carbocycles. The Morgan fingerprint density at radius 3 is 2.93 bits per heavy atom. The number of aromatic nitrogens is 3. The Kier molecular flexibility index (Phi) is 2.28. The van der Waals surface area contributed by atoms with E-state index in [4.69, 9.17) is 5.73 Å². The molecule has 2 rings (SSSR count). The number of hydrogen-bond donors (Lipinski definition) is 1. The van der Waals surface area contributed by atoms with E-state index in [2.05, 4.69) is 10.1 Å². The van der Waals surface area contributed by atoms with Crippen molar-refractivity contribution in [1.29, 1.82) is 0 Å². The van der Waals surface area contributed by atoms with Crippen LogP contribution < -0.4 is 5.73 Å². The monoisotopic (exact) mass is 188 g/mol. The Labute approximate surface area is 82.4 Å². The predicted molar refractivity (Wildman–Crippen MR) is 54.0 cm³/mol. The number of hydrogen-bond acceptors (Lipinski definition) is 3. The van der Waals surface area contributed by atoms with E-state index in [-0.39, 0.29) is 0 Å². The predicted octanol–water partition coefficient (Wildman–Crippen LogP) is 1.03. The molecule has 0 bridgehead atoms. The Bertz CT molecular complexity index is 433. The first-order valence-corrected chi connectivity index (χ1v) is 4.47. The minimum absolute atomic E-state index is 0.474. The quantitative estimate of drug-likeness (QED) is 0.766. The molecular formula is C10H12N4. The number of nitrogens with zero attached hydrogens (tertiary/aromatic N) is 3. The van der Waals surface area contributed by atoms with E-state index in [1.54, 1.807) is 12.4 Å². The van der Waals surface area contributed by atoms with Crippen LogP contribution in [-0.2, 0) is 6.54 Å². The van der Waals surface area contributed by atoms with Crippen molar-refractivity contribution in [3.8, 4) is 5.69 Å². The fourth-order valence-electron chi connectivity index (χ4n) is 1.35. The van der Waals surface area contributed by atoms with Gasteiger partial charge >= 0.3 is 0 Å². The lowest BCUT2D eigenvalue weighted by atomic mass is 10.2. The third kappa shape index (κ3) is 1.52. The minimum atomic E-state index is 0.474. The molecule has 0 spiro atoms. The van der Waals surface area contributed by atoms with Crippen LogP contribution in [0.4, 0.5) is 0 Å². The Morgan fingerprint density at radius 1 is 1.43 bits per heavy atom. The molecule has 0 unspecified atom stereocenters. The molecule has 0 aliphatic heterocycles. The number of rotatable bonds is 2. The third-order valence-electron chi connectivity index (χ3n) is 2.07. The van der Waals surface area contributed by atoms with E-state index in [1.165, 1.54) is 0 Å². The first kappa shape index (κ1) is 8.90. The largest absolute Gasteiger partial charge is 0.326 e. The topological polar surface area (TPSA) is 56.7 Å². The normalized spacial score (nSPS) is 10.4. The van der Waals surface area contributed by atoms with Crippen molar-refractivity contribution in [2.45, 2.75) is 13.5 Å².